The normalized spacial score (nSPS) is 17.1. The summed E-state index contributed by atoms with van der Waals surface area (Å²) in [5.74, 6) is -0.885. The Kier molecular flexibility index (Phi) is 9.01. The highest BCUT2D eigenvalue weighted by Crippen LogP contribution is 2.38. The first-order valence-electron chi connectivity index (χ1n) is 13.3. The van der Waals surface area contributed by atoms with E-state index in [-0.39, 0.29) is 29.2 Å². The van der Waals surface area contributed by atoms with Crippen molar-refractivity contribution in [3.63, 3.8) is 0 Å². The largest absolute Gasteiger partial charge is 0.390 e. The lowest BCUT2D eigenvalue weighted by atomic mass is 9.74. The molecule has 0 radical (unpaired) electrons. The molecule has 1 aliphatic rings. The fraction of sp³-hybridized carbons (Fsp3) is 0.467. The van der Waals surface area contributed by atoms with Crippen molar-refractivity contribution in [2.45, 2.75) is 82.4 Å². The zero-order chi connectivity index (χ0) is 27.3. The van der Waals surface area contributed by atoms with Crippen molar-refractivity contribution in [1.82, 2.24) is 15.3 Å². The van der Waals surface area contributed by atoms with Crippen LogP contribution in [0.1, 0.15) is 69.6 Å². The summed E-state index contributed by atoms with van der Waals surface area (Å²) in [6, 6.07) is 13.2. The molecule has 3 N–H and O–H groups in total. The van der Waals surface area contributed by atoms with Crippen LogP contribution in [0.4, 0.5) is 14.6 Å². The summed E-state index contributed by atoms with van der Waals surface area (Å²) < 4.78 is 27.9. The van der Waals surface area contributed by atoms with Gasteiger partial charge >= 0.3 is 0 Å². The van der Waals surface area contributed by atoms with E-state index in [4.69, 9.17) is 11.6 Å². The van der Waals surface area contributed by atoms with Crippen molar-refractivity contribution in [3.8, 4) is 0 Å². The quantitative estimate of drug-likeness (QED) is 0.268. The van der Waals surface area contributed by atoms with Crippen LogP contribution in [0.15, 0.2) is 54.7 Å². The third-order valence-electron chi connectivity index (χ3n) is 7.44. The average molecular weight is 543 g/mol. The molecule has 1 aliphatic carbocycles. The lowest BCUT2D eigenvalue weighted by molar-refractivity contribution is 0.122. The minimum absolute atomic E-state index is 0.0272. The Bertz CT molecular complexity index is 1210. The molecule has 2 aromatic carbocycles. The Labute approximate surface area is 229 Å². The van der Waals surface area contributed by atoms with E-state index in [2.05, 4.69) is 65.6 Å². The van der Waals surface area contributed by atoms with Gasteiger partial charge in [0, 0.05) is 24.3 Å². The summed E-state index contributed by atoms with van der Waals surface area (Å²) >= 11 is 5.97. The van der Waals surface area contributed by atoms with Crippen molar-refractivity contribution in [3.05, 3.63) is 88.3 Å². The van der Waals surface area contributed by atoms with Crippen molar-refractivity contribution in [2.75, 3.05) is 11.9 Å². The zero-order valence-corrected chi connectivity index (χ0v) is 23.0. The molecule has 0 bridgehead atoms. The number of aliphatic hydroxyl groups excluding tert-OH is 1. The molecule has 0 spiro atoms. The van der Waals surface area contributed by atoms with E-state index in [1.165, 1.54) is 35.9 Å². The van der Waals surface area contributed by atoms with Crippen molar-refractivity contribution < 1.29 is 13.9 Å². The fourth-order valence-corrected chi connectivity index (χ4v) is 5.47. The van der Waals surface area contributed by atoms with Crippen LogP contribution in [0, 0.1) is 11.6 Å². The van der Waals surface area contributed by atoms with Gasteiger partial charge in [0.1, 0.15) is 17.5 Å². The van der Waals surface area contributed by atoms with Crippen LogP contribution in [0.25, 0.3) is 0 Å². The molecular weight excluding hydrogens is 506 g/mol. The fourth-order valence-electron chi connectivity index (χ4n) is 5.32. The maximum atomic E-state index is 13.9. The molecule has 1 saturated carbocycles. The van der Waals surface area contributed by atoms with Gasteiger partial charge in [-0.05, 0) is 71.2 Å². The number of nitrogens with zero attached hydrogens (tertiary/aromatic N) is 2. The van der Waals surface area contributed by atoms with Crippen LogP contribution in [0.2, 0.25) is 5.28 Å². The van der Waals surface area contributed by atoms with Crippen LogP contribution < -0.4 is 10.6 Å². The third kappa shape index (κ3) is 7.28. The molecule has 4 rings (SSSR count). The van der Waals surface area contributed by atoms with Crippen LogP contribution >= 0.6 is 11.6 Å². The van der Waals surface area contributed by atoms with E-state index in [0.29, 0.717) is 11.4 Å². The predicted octanol–water partition coefficient (Wildman–Crippen LogP) is 6.54. The summed E-state index contributed by atoms with van der Waals surface area (Å²) in [4.78, 5) is 8.08. The smallest absolute Gasteiger partial charge is 0.224 e. The summed E-state index contributed by atoms with van der Waals surface area (Å²) in [5, 5.41) is 18.4. The van der Waals surface area contributed by atoms with E-state index < -0.39 is 23.8 Å². The SMILES string of the molecule is CC(C)(C)c1cccc(C2(NCC(O)C(Cc3cc(F)cc(F)c3)Nc3ccnc(Cl)n3)CCCCC2)c1. The van der Waals surface area contributed by atoms with Gasteiger partial charge in [0.05, 0.1) is 12.1 Å². The number of halogens is 3. The molecule has 38 heavy (non-hydrogen) atoms. The Hall–Kier alpha value is -2.61. The molecule has 1 heterocycles. The molecule has 1 fully saturated rings. The zero-order valence-electron chi connectivity index (χ0n) is 22.3. The molecule has 0 amide bonds. The summed E-state index contributed by atoms with van der Waals surface area (Å²) in [5.41, 5.74) is 2.71. The molecule has 2 atom stereocenters. The van der Waals surface area contributed by atoms with Gasteiger partial charge in [-0.3, -0.25) is 0 Å². The van der Waals surface area contributed by atoms with E-state index in [1.54, 1.807) is 6.07 Å². The van der Waals surface area contributed by atoms with Gasteiger partial charge in [-0.25, -0.2) is 18.7 Å². The molecule has 204 valence electrons. The van der Waals surface area contributed by atoms with Gasteiger partial charge in [0.2, 0.25) is 5.28 Å². The molecule has 2 unspecified atom stereocenters. The van der Waals surface area contributed by atoms with Crippen molar-refractivity contribution >= 4 is 17.4 Å². The predicted molar refractivity (Wildman–Crippen MR) is 148 cm³/mol. The second kappa shape index (κ2) is 12.1. The number of aromatic nitrogens is 2. The van der Waals surface area contributed by atoms with Gasteiger partial charge in [-0.1, -0.05) is 64.3 Å². The topological polar surface area (TPSA) is 70.1 Å². The number of nitrogens with one attached hydrogen (secondary N) is 2. The molecular formula is C30H37ClF2N4O. The van der Waals surface area contributed by atoms with Crippen LogP contribution in [-0.2, 0) is 17.4 Å². The Balaban J connectivity index is 1.58. The molecule has 8 heteroatoms. The van der Waals surface area contributed by atoms with Gasteiger partial charge in [0.25, 0.3) is 0 Å². The average Bonchev–Trinajstić information content (AvgIpc) is 2.86. The van der Waals surface area contributed by atoms with Gasteiger partial charge in [0.15, 0.2) is 0 Å². The monoisotopic (exact) mass is 542 g/mol. The number of hydrogen-bond acceptors (Lipinski definition) is 5. The van der Waals surface area contributed by atoms with Gasteiger partial charge < -0.3 is 15.7 Å². The lowest BCUT2D eigenvalue weighted by Crippen LogP contribution is -2.51. The minimum atomic E-state index is -0.889. The maximum Gasteiger partial charge on any atom is 0.224 e. The standard InChI is InChI=1S/C30H37ClF2N4O/c1-29(2,3)21-8-7-9-22(17-21)30(11-5-4-6-12-30)35-19-26(38)25(36-27-10-13-34-28(31)37-27)16-20-14-23(32)18-24(33)15-20/h7-10,13-15,17-18,25-26,35,38H,4-6,11-12,16,19H2,1-3H3,(H,34,36,37). The maximum absolute atomic E-state index is 13.9. The van der Waals surface area contributed by atoms with Crippen molar-refractivity contribution in [1.29, 1.82) is 0 Å². The summed E-state index contributed by atoms with van der Waals surface area (Å²) in [7, 11) is 0. The Morgan fingerprint density at radius 1 is 1.03 bits per heavy atom. The third-order valence-corrected chi connectivity index (χ3v) is 7.62. The highest BCUT2D eigenvalue weighted by atomic mass is 35.5. The highest BCUT2D eigenvalue weighted by molar-refractivity contribution is 6.28. The van der Waals surface area contributed by atoms with Crippen molar-refractivity contribution in [2.24, 2.45) is 0 Å². The molecule has 5 nitrogen and oxygen atoms in total. The minimum Gasteiger partial charge on any atom is -0.390 e. The molecule has 3 aromatic rings. The first-order chi connectivity index (χ1) is 18.0. The number of benzene rings is 2. The second-order valence-electron chi connectivity index (χ2n) is 11.4. The van der Waals surface area contributed by atoms with Crippen LogP contribution in [0.5, 0.6) is 0 Å². The first-order valence-corrected chi connectivity index (χ1v) is 13.7. The first kappa shape index (κ1) is 28.4. The summed E-state index contributed by atoms with van der Waals surface area (Å²) in [6.07, 6.45) is 6.16. The number of anilines is 1. The summed E-state index contributed by atoms with van der Waals surface area (Å²) in [6.45, 7) is 6.92. The number of aliphatic hydroxyl groups is 1. The number of hydrogen-bond donors (Lipinski definition) is 3. The lowest BCUT2D eigenvalue weighted by Gasteiger charge is -2.41. The molecule has 1 aromatic heterocycles. The van der Waals surface area contributed by atoms with Crippen LogP contribution in [-0.4, -0.2) is 33.8 Å². The van der Waals surface area contributed by atoms with E-state index in [9.17, 15) is 13.9 Å². The van der Waals surface area contributed by atoms with E-state index in [1.807, 2.05) is 0 Å². The van der Waals surface area contributed by atoms with Gasteiger partial charge in [-0.15, -0.1) is 0 Å². The Morgan fingerprint density at radius 2 is 1.74 bits per heavy atom. The molecule has 0 saturated heterocycles. The Morgan fingerprint density at radius 3 is 2.39 bits per heavy atom. The molecule has 0 aliphatic heterocycles. The van der Waals surface area contributed by atoms with E-state index in [0.717, 1.165) is 31.7 Å². The van der Waals surface area contributed by atoms with Crippen LogP contribution in [0.3, 0.4) is 0 Å². The number of rotatable bonds is 9. The van der Waals surface area contributed by atoms with E-state index >= 15 is 0 Å². The second-order valence-corrected chi connectivity index (χ2v) is 11.7. The van der Waals surface area contributed by atoms with Gasteiger partial charge in [-0.2, -0.15) is 0 Å². The highest BCUT2D eigenvalue weighted by Gasteiger charge is 2.35.